The normalized spacial score (nSPS) is 9.33. The van der Waals surface area contributed by atoms with Crippen molar-refractivity contribution in [1.29, 1.82) is 5.26 Å². The third kappa shape index (κ3) is 3.90. The van der Waals surface area contributed by atoms with Crippen LogP contribution < -0.4 is 10.1 Å². The van der Waals surface area contributed by atoms with Gasteiger partial charge in [-0.1, -0.05) is 12.1 Å². The first-order valence-corrected chi connectivity index (χ1v) is 5.21. The Morgan fingerprint density at radius 3 is 2.93 bits per heavy atom. The van der Waals surface area contributed by atoms with Gasteiger partial charge in [0.25, 0.3) is 0 Å². The number of ether oxygens (including phenoxy) is 1. The van der Waals surface area contributed by atoms with Gasteiger partial charge in [-0.25, -0.2) is 0 Å². The van der Waals surface area contributed by atoms with Crippen molar-refractivity contribution in [3.05, 3.63) is 24.3 Å². The molecule has 0 unspecified atom stereocenters. The first kappa shape index (κ1) is 11.4. The Balaban J connectivity index is 2.48. The van der Waals surface area contributed by atoms with Crippen LogP contribution in [0.15, 0.2) is 24.3 Å². The van der Waals surface area contributed by atoms with Crippen LogP contribution in [0.1, 0.15) is 19.8 Å². The van der Waals surface area contributed by atoms with Gasteiger partial charge in [0.2, 0.25) is 0 Å². The second-order valence-electron chi connectivity index (χ2n) is 3.12. The molecule has 1 rings (SSSR count). The van der Waals surface area contributed by atoms with Crippen molar-refractivity contribution < 1.29 is 4.74 Å². The lowest BCUT2D eigenvalue weighted by molar-refractivity contribution is 0.341. The standard InChI is InChI=1S/C12H16N2O/c1-2-15-12-8-4-3-7-11(12)14-10-6-5-9-13/h3-4,7-8,14H,2,5-6,10H2,1H3. The molecule has 0 aliphatic rings. The van der Waals surface area contributed by atoms with E-state index in [4.69, 9.17) is 10.00 Å². The summed E-state index contributed by atoms with van der Waals surface area (Å²) in [6.45, 7) is 3.43. The number of anilines is 1. The van der Waals surface area contributed by atoms with Gasteiger partial charge in [0.15, 0.2) is 0 Å². The second kappa shape index (κ2) is 6.72. The first-order valence-electron chi connectivity index (χ1n) is 5.21. The van der Waals surface area contributed by atoms with Gasteiger partial charge in [-0.15, -0.1) is 0 Å². The molecule has 80 valence electrons. The van der Waals surface area contributed by atoms with Crippen LogP contribution in [0.25, 0.3) is 0 Å². The predicted octanol–water partition coefficient (Wildman–Crippen LogP) is 2.80. The van der Waals surface area contributed by atoms with Gasteiger partial charge in [0, 0.05) is 13.0 Å². The third-order valence-corrected chi connectivity index (χ3v) is 1.97. The van der Waals surface area contributed by atoms with E-state index in [0.717, 1.165) is 24.4 Å². The number of nitrogens with zero attached hydrogens (tertiary/aromatic N) is 1. The second-order valence-corrected chi connectivity index (χ2v) is 3.12. The summed E-state index contributed by atoms with van der Waals surface area (Å²) in [6, 6.07) is 9.96. The van der Waals surface area contributed by atoms with E-state index in [0.29, 0.717) is 13.0 Å². The zero-order valence-corrected chi connectivity index (χ0v) is 8.99. The van der Waals surface area contributed by atoms with Crippen LogP contribution in [-0.2, 0) is 0 Å². The lowest BCUT2D eigenvalue weighted by Crippen LogP contribution is -2.03. The van der Waals surface area contributed by atoms with Crippen LogP contribution in [0.5, 0.6) is 5.75 Å². The van der Waals surface area contributed by atoms with E-state index in [1.54, 1.807) is 0 Å². The highest BCUT2D eigenvalue weighted by atomic mass is 16.5. The Morgan fingerprint density at radius 2 is 2.20 bits per heavy atom. The lowest BCUT2D eigenvalue weighted by Gasteiger charge is -2.11. The third-order valence-electron chi connectivity index (χ3n) is 1.97. The number of benzene rings is 1. The van der Waals surface area contributed by atoms with Crippen molar-refractivity contribution in [2.24, 2.45) is 0 Å². The largest absolute Gasteiger partial charge is 0.492 e. The quantitative estimate of drug-likeness (QED) is 0.725. The summed E-state index contributed by atoms with van der Waals surface area (Å²) in [5.41, 5.74) is 0.997. The molecule has 0 heterocycles. The van der Waals surface area contributed by atoms with E-state index in [-0.39, 0.29) is 0 Å². The topological polar surface area (TPSA) is 45.0 Å². The molecule has 1 aromatic carbocycles. The maximum Gasteiger partial charge on any atom is 0.142 e. The maximum absolute atomic E-state index is 8.40. The molecule has 3 nitrogen and oxygen atoms in total. The molecule has 0 saturated heterocycles. The molecule has 15 heavy (non-hydrogen) atoms. The Hall–Kier alpha value is -1.69. The SMILES string of the molecule is CCOc1ccccc1NCCCC#N. The molecule has 0 aromatic heterocycles. The van der Waals surface area contributed by atoms with E-state index in [1.165, 1.54) is 0 Å². The fourth-order valence-electron chi connectivity index (χ4n) is 1.28. The van der Waals surface area contributed by atoms with Crippen LogP contribution >= 0.6 is 0 Å². The summed E-state index contributed by atoms with van der Waals surface area (Å²) in [5, 5.41) is 11.7. The fourth-order valence-corrected chi connectivity index (χ4v) is 1.28. The molecule has 0 radical (unpaired) electrons. The summed E-state index contributed by atoms with van der Waals surface area (Å²) >= 11 is 0. The highest BCUT2D eigenvalue weighted by Crippen LogP contribution is 2.23. The van der Waals surface area contributed by atoms with Gasteiger partial charge < -0.3 is 10.1 Å². The molecule has 1 N–H and O–H groups in total. The number of nitrogens with one attached hydrogen (secondary N) is 1. The zero-order valence-electron chi connectivity index (χ0n) is 8.99. The molecule has 3 heteroatoms. The van der Waals surface area contributed by atoms with Crippen LogP contribution in [0.3, 0.4) is 0 Å². The Morgan fingerprint density at radius 1 is 1.40 bits per heavy atom. The first-order chi connectivity index (χ1) is 7.38. The minimum Gasteiger partial charge on any atom is -0.492 e. The van der Waals surface area contributed by atoms with Crippen LogP contribution in [0.4, 0.5) is 5.69 Å². The van der Waals surface area contributed by atoms with Crippen molar-refractivity contribution in [1.82, 2.24) is 0 Å². The van der Waals surface area contributed by atoms with Gasteiger partial charge in [0.1, 0.15) is 5.75 Å². The van der Waals surface area contributed by atoms with E-state index in [1.807, 2.05) is 31.2 Å². The fraction of sp³-hybridized carbons (Fsp3) is 0.417. The van der Waals surface area contributed by atoms with Gasteiger partial charge >= 0.3 is 0 Å². The van der Waals surface area contributed by atoms with Crippen molar-refractivity contribution in [3.63, 3.8) is 0 Å². The molecule has 0 aliphatic heterocycles. The van der Waals surface area contributed by atoms with E-state index >= 15 is 0 Å². The Kier molecular flexibility index (Phi) is 5.10. The van der Waals surface area contributed by atoms with E-state index in [2.05, 4.69) is 11.4 Å². The van der Waals surface area contributed by atoms with Crippen LogP contribution in [-0.4, -0.2) is 13.2 Å². The van der Waals surface area contributed by atoms with Gasteiger partial charge in [0.05, 0.1) is 18.4 Å². The molecule has 0 aliphatic carbocycles. The van der Waals surface area contributed by atoms with E-state index in [9.17, 15) is 0 Å². The number of unbranched alkanes of at least 4 members (excludes halogenated alkanes) is 1. The minimum atomic E-state index is 0.587. The number of hydrogen-bond donors (Lipinski definition) is 1. The minimum absolute atomic E-state index is 0.587. The number of rotatable bonds is 6. The highest BCUT2D eigenvalue weighted by molar-refractivity contribution is 5.56. The molecule has 0 atom stereocenters. The predicted molar refractivity (Wildman–Crippen MR) is 60.9 cm³/mol. The summed E-state index contributed by atoms with van der Waals surface area (Å²) < 4.78 is 5.47. The number of hydrogen-bond acceptors (Lipinski definition) is 3. The summed E-state index contributed by atoms with van der Waals surface area (Å²) in [6.07, 6.45) is 1.45. The van der Waals surface area contributed by atoms with Crippen molar-refractivity contribution >= 4 is 5.69 Å². The van der Waals surface area contributed by atoms with Crippen LogP contribution in [0, 0.1) is 11.3 Å². The molecule has 0 fully saturated rings. The summed E-state index contributed by atoms with van der Waals surface area (Å²) in [5.74, 6) is 0.872. The molecule has 0 amide bonds. The maximum atomic E-state index is 8.40. The van der Waals surface area contributed by atoms with Gasteiger partial charge in [-0.2, -0.15) is 5.26 Å². The molecule has 0 spiro atoms. The van der Waals surface area contributed by atoms with Crippen LogP contribution in [0.2, 0.25) is 0 Å². The van der Waals surface area contributed by atoms with Gasteiger partial charge in [-0.3, -0.25) is 0 Å². The average molecular weight is 204 g/mol. The molecular formula is C12H16N2O. The van der Waals surface area contributed by atoms with Crippen molar-refractivity contribution in [3.8, 4) is 11.8 Å². The highest BCUT2D eigenvalue weighted by Gasteiger charge is 2.00. The average Bonchev–Trinajstić information content (AvgIpc) is 2.27. The van der Waals surface area contributed by atoms with Crippen molar-refractivity contribution in [2.45, 2.75) is 19.8 Å². The van der Waals surface area contributed by atoms with E-state index < -0.39 is 0 Å². The van der Waals surface area contributed by atoms with Gasteiger partial charge in [-0.05, 0) is 25.5 Å². The molecular weight excluding hydrogens is 188 g/mol. The number of nitriles is 1. The summed E-state index contributed by atoms with van der Waals surface area (Å²) in [4.78, 5) is 0. The zero-order chi connectivity index (χ0) is 10.9. The molecule has 1 aromatic rings. The smallest absolute Gasteiger partial charge is 0.142 e. The Bertz CT molecular complexity index is 331. The van der Waals surface area contributed by atoms with Crippen molar-refractivity contribution in [2.75, 3.05) is 18.5 Å². The number of para-hydroxylation sites is 2. The lowest BCUT2D eigenvalue weighted by atomic mass is 10.2. The monoisotopic (exact) mass is 204 g/mol. The molecule has 0 bridgehead atoms. The Labute approximate surface area is 90.7 Å². The molecule has 0 saturated carbocycles. The summed E-state index contributed by atoms with van der Waals surface area (Å²) in [7, 11) is 0.